The number of thiazole rings is 1. The lowest BCUT2D eigenvalue weighted by molar-refractivity contribution is 0.0958. The second-order valence-corrected chi connectivity index (χ2v) is 7.77. The summed E-state index contributed by atoms with van der Waals surface area (Å²) >= 11 is 1.35. The number of aromatic nitrogens is 1. The van der Waals surface area contributed by atoms with E-state index in [0.717, 1.165) is 17.0 Å². The van der Waals surface area contributed by atoms with Crippen LogP contribution in [0.5, 0.6) is 11.5 Å². The minimum Gasteiger partial charge on any atom is -0.490 e. The molecule has 0 aliphatic carbocycles. The number of nitrogens with zero attached hydrogens (tertiary/aromatic N) is 2. The zero-order valence-electron chi connectivity index (χ0n) is 17.3. The summed E-state index contributed by atoms with van der Waals surface area (Å²) in [4.78, 5) is 17.1. The predicted molar refractivity (Wildman–Crippen MR) is 120 cm³/mol. The molecule has 2 aromatic carbocycles. The van der Waals surface area contributed by atoms with Gasteiger partial charge in [0.25, 0.3) is 5.91 Å². The number of rotatable bonds is 9. The molecule has 3 aromatic rings. The second kappa shape index (κ2) is 10.5. The monoisotopic (exact) mass is 423 g/mol. The summed E-state index contributed by atoms with van der Waals surface area (Å²) < 4.78 is 11.6. The maximum absolute atomic E-state index is 12.2. The Labute approximate surface area is 180 Å². The average molecular weight is 424 g/mol. The molecule has 0 fully saturated rings. The summed E-state index contributed by atoms with van der Waals surface area (Å²) in [5.74, 6) is 1.07. The number of hydrazone groups is 1. The summed E-state index contributed by atoms with van der Waals surface area (Å²) in [7, 11) is 0. The van der Waals surface area contributed by atoms with Gasteiger partial charge < -0.3 is 9.47 Å². The molecule has 1 N–H and O–H groups in total. The highest BCUT2D eigenvalue weighted by atomic mass is 32.1. The third kappa shape index (κ3) is 5.90. The van der Waals surface area contributed by atoms with Gasteiger partial charge in [0.05, 0.1) is 30.1 Å². The largest absolute Gasteiger partial charge is 0.490 e. The van der Waals surface area contributed by atoms with Crippen molar-refractivity contribution in [2.75, 3.05) is 13.2 Å². The highest BCUT2D eigenvalue weighted by molar-refractivity contribution is 7.13. The molecule has 0 saturated carbocycles. The van der Waals surface area contributed by atoms with Crippen LogP contribution in [0, 0.1) is 13.8 Å². The number of ether oxygens (including phenoxy) is 2. The van der Waals surface area contributed by atoms with Crippen molar-refractivity contribution < 1.29 is 14.3 Å². The van der Waals surface area contributed by atoms with Gasteiger partial charge in [-0.1, -0.05) is 30.3 Å². The Morgan fingerprint density at radius 3 is 2.63 bits per heavy atom. The van der Waals surface area contributed by atoms with E-state index >= 15 is 0 Å². The van der Waals surface area contributed by atoms with Crippen LogP contribution in [-0.4, -0.2) is 30.3 Å². The lowest BCUT2D eigenvalue weighted by atomic mass is 10.2. The number of nitrogens with one attached hydrogen (secondary N) is 1. The van der Waals surface area contributed by atoms with Gasteiger partial charge in [0.2, 0.25) is 0 Å². The Kier molecular flexibility index (Phi) is 7.57. The van der Waals surface area contributed by atoms with E-state index in [4.69, 9.17) is 9.47 Å². The van der Waals surface area contributed by atoms with E-state index in [9.17, 15) is 4.79 Å². The molecule has 1 amide bonds. The lowest BCUT2D eigenvalue weighted by Crippen LogP contribution is -2.17. The van der Waals surface area contributed by atoms with Crippen molar-refractivity contribution >= 4 is 23.5 Å². The topological polar surface area (TPSA) is 72.8 Å². The van der Waals surface area contributed by atoms with Gasteiger partial charge in [0.15, 0.2) is 11.5 Å². The predicted octanol–water partition coefficient (Wildman–Crippen LogP) is 4.54. The van der Waals surface area contributed by atoms with E-state index in [1.54, 1.807) is 6.21 Å². The van der Waals surface area contributed by atoms with Crippen molar-refractivity contribution in [1.82, 2.24) is 10.4 Å². The van der Waals surface area contributed by atoms with E-state index in [0.29, 0.717) is 35.3 Å². The number of aryl methyl sites for hydroxylation is 2. The average Bonchev–Trinajstić information content (AvgIpc) is 3.08. The number of hydrogen-bond acceptors (Lipinski definition) is 6. The van der Waals surface area contributed by atoms with Gasteiger partial charge >= 0.3 is 0 Å². The van der Waals surface area contributed by atoms with Crippen molar-refractivity contribution in [3.63, 3.8) is 0 Å². The quantitative estimate of drug-likeness (QED) is 0.405. The second-order valence-electron chi connectivity index (χ2n) is 6.57. The minimum atomic E-state index is -0.264. The smallest absolute Gasteiger partial charge is 0.283 e. The van der Waals surface area contributed by atoms with Gasteiger partial charge in [-0.25, -0.2) is 10.4 Å². The highest BCUT2D eigenvalue weighted by Gasteiger charge is 2.13. The number of amides is 1. The zero-order chi connectivity index (χ0) is 21.3. The molecule has 0 saturated heterocycles. The first-order valence-corrected chi connectivity index (χ1v) is 10.6. The van der Waals surface area contributed by atoms with Crippen LogP contribution >= 0.6 is 11.3 Å². The molecule has 0 aliphatic rings. The molecule has 0 atom stereocenters. The van der Waals surface area contributed by atoms with E-state index in [-0.39, 0.29) is 5.91 Å². The van der Waals surface area contributed by atoms with Crippen molar-refractivity contribution in [3.8, 4) is 11.5 Å². The normalized spacial score (nSPS) is 10.9. The molecule has 7 heteroatoms. The fraction of sp³-hybridized carbons (Fsp3) is 0.261. The van der Waals surface area contributed by atoms with Gasteiger partial charge in [-0.05, 0) is 50.1 Å². The first-order valence-electron chi connectivity index (χ1n) is 9.78. The standard InChI is InChI=1S/C23H25N3O3S/c1-4-28-21-14-19(15-24-26-23(27)22-16(2)25-17(3)30-22)10-11-20(21)29-13-12-18-8-6-5-7-9-18/h5-11,14-15H,4,12-13H2,1-3H3,(H,26,27)/b24-15+. The summed E-state index contributed by atoms with van der Waals surface area (Å²) in [6.45, 7) is 6.69. The van der Waals surface area contributed by atoms with Crippen LogP contribution in [0.1, 0.15) is 38.4 Å². The molecular formula is C23H25N3O3S. The third-order valence-corrected chi connectivity index (χ3v) is 5.32. The maximum atomic E-state index is 12.2. The zero-order valence-corrected chi connectivity index (χ0v) is 18.2. The minimum absolute atomic E-state index is 0.264. The van der Waals surface area contributed by atoms with Crippen molar-refractivity contribution in [1.29, 1.82) is 0 Å². The van der Waals surface area contributed by atoms with Gasteiger partial charge in [-0.2, -0.15) is 5.10 Å². The van der Waals surface area contributed by atoms with E-state index in [2.05, 4.69) is 27.6 Å². The van der Waals surface area contributed by atoms with Crippen LogP contribution in [0.4, 0.5) is 0 Å². The van der Waals surface area contributed by atoms with Crippen molar-refractivity contribution in [2.24, 2.45) is 5.10 Å². The molecule has 6 nitrogen and oxygen atoms in total. The SMILES string of the molecule is CCOc1cc(/C=N/NC(=O)c2sc(C)nc2C)ccc1OCCc1ccccc1. The number of carbonyl (C=O) groups is 1. The Hall–Kier alpha value is -3.19. The Morgan fingerprint density at radius 1 is 1.13 bits per heavy atom. The molecule has 1 heterocycles. The first-order chi connectivity index (χ1) is 14.6. The van der Waals surface area contributed by atoms with Crippen molar-refractivity contribution in [3.05, 3.63) is 75.2 Å². The molecule has 30 heavy (non-hydrogen) atoms. The fourth-order valence-corrected chi connectivity index (χ4v) is 3.68. The molecular weight excluding hydrogens is 398 g/mol. The Balaban J connectivity index is 1.61. The highest BCUT2D eigenvalue weighted by Crippen LogP contribution is 2.28. The Morgan fingerprint density at radius 2 is 1.93 bits per heavy atom. The summed E-state index contributed by atoms with van der Waals surface area (Å²) in [5, 5.41) is 4.91. The molecule has 0 radical (unpaired) electrons. The van der Waals surface area contributed by atoms with Crippen LogP contribution in [0.15, 0.2) is 53.6 Å². The maximum Gasteiger partial charge on any atom is 0.283 e. The molecule has 0 aliphatic heterocycles. The van der Waals surface area contributed by atoms with Crippen LogP contribution in [0.2, 0.25) is 0 Å². The molecule has 0 spiro atoms. The lowest BCUT2D eigenvalue weighted by Gasteiger charge is -2.12. The molecule has 0 bridgehead atoms. The number of hydrogen-bond donors (Lipinski definition) is 1. The summed E-state index contributed by atoms with van der Waals surface area (Å²) in [6.07, 6.45) is 2.40. The molecule has 1 aromatic heterocycles. The summed E-state index contributed by atoms with van der Waals surface area (Å²) in [6, 6.07) is 15.8. The van der Waals surface area contributed by atoms with E-state index in [1.807, 2.05) is 57.2 Å². The Bertz CT molecular complexity index is 1020. The van der Waals surface area contributed by atoms with E-state index in [1.165, 1.54) is 16.9 Å². The fourth-order valence-electron chi connectivity index (χ4n) is 2.87. The van der Waals surface area contributed by atoms with Crippen molar-refractivity contribution in [2.45, 2.75) is 27.2 Å². The van der Waals surface area contributed by atoms with Crippen LogP contribution in [0.25, 0.3) is 0 Å². The van der Waals surface area contributed by atoms with Crippen LogP contribution in [0.3, 0.4) is 0 Å². The van der Waals surface area contributed by atoms with Gasteiger partial charge in [0.1, 0.15) is 4.88 Å². The number of carbonyl (C=O) groups excluding carboxylic acids is 1. The van der Waals surface area contributed by atoms with E-state index < -0.39 is 0 Å². The third-order valence-electron chi connectivity index (χ3n) is 4.25. The first kappa shape index (κ1) is 21.5. The van der Waals surface area contributed by atoms with Gasteiger partial charge in [-0.15, -0.1) is 11.3 Å². The van der Waals surface area contributed by atoms with Crippen LogP contribution < -0.4 is 14.9 Å². The molecule has 0 unspecified atom stereocenters. The van der Waals surface area contributed by atoms with Gasteiger partial charge in [0, 0.05) is 6.42 Å². The molecule has 156 valence electrons. The summed E-state index contributed by atoms with van der Waals surface area (Å²) in [5.41, 5.74) is 5.28. The number of benzene rings is 2. The molecule has 3 rings (SSSR count). The van der Waals surface area contributed by atoms with Crippen LogP contribution in [-0.2, 0) is 6.42 Å². The van der Waals surface area contributed by atoms with Gasteiger partial charge in [-0.3, -0.25) is 4.79 Å².